The van der Waals surface area contributed by atoms with Crippen molar-refractivity contribution < 1.29 is 19.0 Å². The fourth-order valence-corrected chi connectivity index (χ4v) is 3.62. The van der Waals surface area contributed by atoms with Gasteiger partial charge in [0.05, 0.1) is 27.4 Å². The smallest absolute Gasteiger partial charge is 0.261 e. The first-order chi connectivity index (χ1) is 15.1. The first-order valence-corrected chi connectivity index (χ1v) is 10.3. The number of methoxy groups -OCH3 is 3. The lowest BCUT2D eigenvalue weighted by Crippen LogP contribution is -2.34. The molecule has 0 saturated heterocycles. The third-order valence-corrected chi connectivity index (χ3v) is 5.44. The lowest BCUT2D eigenvalue weighted by atomic mass is 10.1. The highest BCUT2D eigenvalue weighted by atomic mass is 35.5. The van der Waals surface area contributed by atoms with Gasteiger partial charge in [-0.1, -0.05) is 35.9 Å². The van der Waals surface area contributed by atoms with Crippen molar-refractivity contribution in [3.8, 4) is 11.5 Å². The summed E-state index contributed by atoms with van der Waals surface area (Å²) in [5.41, 5.74) is 2.40. The molecule has 0 bridgehead atoms. The minimum atomic E-state index is -0.183. The Hall–Kier alpha value is -2.96. The number of carbonyl (C=O) groups is 1. The molecule has 0 aliphatic carbocycles. The van der Waals surface area contributed by atoms with Gasteiger partial charge in [0.2, 0.25) is 0 Å². The van der Waals surface area contributed by atoms with Gasteiger partial charge >= 0.3 is 0 Å². The number of hydrogen-bond acceptors (Lipinski definition) is 4. The molecule has 0 N–H and O–H groups in total. The summed E-state index contributed by atoms with van der Waals surface area (Å²) >= 11 is 6.34. The molecule has 1 heterocycles. The van der Waals surface area contributed by atoms with Crippen molar-refractivity contribution >= 4 is 17.5 Å². The van der Waals surface area contributed by atoms with E-state index in [2.05, 4.69) is 4.57 Å². The molecular weight excluding hydrogens is 416 g/mol. The summed E-state index contributed by atoms with van der Waals surface area (Å²) in [6.07, 6.45) is 1.99. The van der Waals surface area contributed by atoms with Gasteiger partial charge < -0.3 is 23.7 Å². The average Bonchev–Trinajstić information content (AvgIpc) is 3.23. The van der Waals surface area contributed by atoms with E-state index in [4.69, 9.17) is 25.8 Å². The maximum absolute atomic E-state index is 13.5. The summed E-state index contributed by atoms with van der Waals surface area (Å²) in [5, 5.41) is 0.716. The summed E-state index contributed by atoms with van der Waals surface area (Å²) in [5.74, 6) is 0.758. The number of benzene rings is 2. The Kier molecular flexibility index (Phi) is 7.98. The van der Waals surface area contributed by atoms with Gasteiger partial charge in [0.1, 0.15) is 17.1 Å². The van der Waals surface area contributed by atoms with Crippen LogP contribution in [-0.2, 0) is 17.8 Å². The summed E-state index contributed by atoms with van der Waals surface area (Å²) < 4.78 is 18.2. The van der Waals surface area contributed by atoms with Crippen molar-refractivity contribution in [1.29, 1.82) is 0 Å². The van der Waals surface area contributed by atoms with Crippen molar-refractivity contribution in [1.82, 2.24) is 9.47 Å². The predicted molar refractivity (Wildman–Crippen MR) is 121 cm³/mol. The molecule has 0 spiro atoms. The zero-order valence-electron chi connectivity index (χ0n) is 18.0. The van der Waals surface area contributed by atoms with E-state index in [1.54, 1.807) is 44.4 Å². The number of nitrogens with zero attached hydrogens (tertiary/aromatic N) is 2. The van der Waals surface area contributed by atoms with Crippen LogP contribution in [0.2, 0.25) is 5.02 Å². The van der Waals surface area contributed by atoms with Gasteiger partial charge in [-0.15, -0.1) is 0 Å². The van der Waals surface area contributed by atoms with E-state index < -0.39 is 0 Å². The second kappa shape index (κ2) is 10.9. The Morgan fingerprint density at radius 1 is 0.968 bits per heavy atom. The number of halogens is 1. The number of rotatable bonds is 10. The lowest BCUT2D eigenvalue weighted by molar-refractivity contribution is 0.0669. The molecule has 0 saturated carbocycles. The van der Waals surface area contributed by atoms with Gasteiger partial charge in [0.25, 0.3) is 5.91 Å². The molecule has 0 aliphatic rings. The van der Waals surface area contributed by atoms with Crippen LogP contribution in [-0.4, -0.2) is 49.9 Å². The van der Waals surface area contributed by atoms with Crippen LogP contribution in [0, 0.1) is 0 Å². The molecule has 164 valence electrons. The number of carbonyl (C=O) groups excluding carboxylic acids is 1. The third kappa shape index (κ3) is 5.40. The van der Waals surface area contributed by atoms with Gasteiger partial charge in [-0.25, -0.2) is 0 Å². The molecule has 7 heteroatoms. The van der Waals surface area contributed by atoms with Crippen LogP contribution < -0.4 is 9.47 Å². The highest BCUT2D eigenvalue weighted by Gasteiger charge is 2.24. The van der Waals surface area contributed by atoms with Crippen LogP contribution in [0.3, 0.4) is 0 Å². The van der Waals surface area contributed by atoms with E-state index in [1.165, 1.54) is 0 Å². The molecule has 0 aliphatic heterocycles. The molecule has 6 nitrogen and oxygen atoms in total. The second-order valence-electron chi connectivity index (χ2n) is 6.98. The zero-order valence-corrected chi connectivity index (χ0v) is 18.8. The van der Waals surface area contributed by atoms with Crippen LogP contribution in [0.25, 0.3) is 0 Å². The molecule has 3 aromatic rings. The minimum absolute atomic E-state index is 0.183. The molecule has 31 heavy (non-hydrogen) atoms. The molecule has 0 atom stereocenters. The van der Waals surface area contributed by atoms with Crippen molar-refractivity contribution in [3.63, 3.8) is 0 Å². The zero-order chi connectivity index (χ0) is 22.2. The first-order valence-electron chi connectivity index (χ1n) is 9.95. The van der Waals surface area contributed by atoms with Crippen molar-refractivity contribution in [2.75, 3.05) is 34.5 Å². The van der Waals surface area contributed by atoms with Gasteiger partial charge in [-0.3, -0.25) is 4.79 Å². The van der Waals surface area contributed by atoms with E-state index in [-0.39, 0.29) is 5.91 Å². The van der Waals surface area contributed by atoms with Crippen LogP contribution in [0.5, 0.6) is 11.5 Å². The summed E-state index contributed by atoms with van der Waals surface area (Å²) in [4.78, 5) is 15.3. The maximum atomic E-state index is 13.5. The third-order valence-electron chi connectivity index (χ3n) is 5.07. The molecule has 0 radical (unpaired) electrons. The van der Waals surface area contributed by atoms with E-state index in [1.807, 2.05) is 42.6 Å². The number of amides is 1. The van der Waals surface area contributed by atoms with E-state index in [0.29, 0.717) is 48.3 Å². The van der Waals surface area contributed by atoms with E-state index >= 15 is 0 Å². The van der Waals surface area contributed by atoms with Crippen LogP contribution in [0.1, 0.15) is 21.6 Å². The molecule has 0 fully saturated rings. The molecule has 1 aromatic heterocycles. The average molecular weight is 443 g/mol. The highest BCUT2D eigenvalue weighted by molar-refractivity contribution is 6.31. The Bertz CT molecular complexity index is 996. The quantitative estimate of drug-likeness (QED) is 0.464. The minimum Gasteiger partial charge on any atom is -0.496 e. The highest BCUT2D eigenvalue weighted by Crippen LogP contribution is 2.30. The fraction of sp³-hybridized carbons (Fsp3) is 0.292. The molecule has 1 amide bonds. The van der Waals surface area contributed by atoms with Gasteiger partial charge in [-0.2, -0.15) is 0 Å². The largest absolute Gasteiger partial charge is 0.496 e. The molecular formula is C24H27ClN2O4. The second-order valence-corrected chi connectivity index (χ2v) is 7.38. The normalized spacial score (nSPS) is 10.7. The van der Waals surface area contributed by atoms with Crippen molar-refractivity contribution in [2.24, 2.45) is 0 Å². The van der Waals surface area contributed by atoms with E-state index in [0.717, 1.165) is 11.3 Å². The fourth-order valence-electron chi connectivity index (χ4n) is 3.43. The number of ether oxygens (including phenoxy) is 3. The summed E-state index contributed by atoms with van der Waals surface area (Å²) in [7, 11) is 4.70. The maximum Gasteiger partial charge on any atom is 0.261 e. The SMILES string of the molecule is COCCN(Cc1cccn1Cc1ccccc1Cl)C(=O)c1c(OC)cccc1OC. The number of aromatic nitrogens is 1. The summed E-state index contributed by atoms with van der Waals surface area (Å²) in [6, 6.07) is 17.0. The first kappa shape index (κ1) is 22.7. The summed E-state index contributed by atoms with van der Waals surface area (Å²) in [6.45, 7) is 1.86. The van der Waals surface area contributed by atoms with Crippen LogP contribution >= 0.6 is 11.6 Å². The Morgan fingerprint density at radius 3 is 2.32 bits per heavy atom. The Labute approximate surface area is 187 Å². The van der Waals surface area contributed by atoms with Crippen molar-refractivity contribution in [2.45, 2.75) is 13.1 Å². The van der Waals surface area contributed by atoms with Crippen LogP contribution in [0.15, 0.2) is 60.8 Å². The standard InChI is InChI=1S/C24H27ClN2O4/c1-29-15-14-27(24(28)23-21(30-2)11-6-12-22(23)31-3)17-19-9-7-13-26(19)16-18-8-4-5-10-20(18)25/h4-13H,14-17H2,1-3H3. The Morgan fingerprint density at radius 2 is 1.68 bits per heavy atom. The molecule has 2 aromatic carbocycles. The van der Waals surface area contributed by atoms with Gasteiger partial charge in [0.15, 0.2) is 0 Å². The van der Waals surface area contributed by atoms with Crippen molar-refractivity contribution in [3.05, 3.63) is 82.6 Å². The van der Waals surface area contributed by atoms with Gasteiger partial charge in [0, 0.05) is 37.1 Å². The number of hydrogen-bond donors (Lipinski definition) is 0. The monoisotopic (exact) mass is 442 g/mol. The molecule has 0 unspecified atom stereocenters. The van der Waals surface area contributed by atoms with Crippen LogP contribution in [0.4, 0.5) is 0 Å². The van der Waals surface area contributed by atoms with Gasteiger partial charge in [-0.05, 0) is 35.9 Å². The Balaban J connectivity index is 1.90. The lowest BCUT2D eigenvalue weighted by Gasteiger charge is -2.25. The topological polar surface area (TPSA) is 52.9 Å². The predicted octanol–water partition coefficient (Wildman–Crippen LogP) is 4.50. The van der Waals surface area contributed by atoms with E-state index in [9.17, 15) is 4.79 Å². The molecule has 3 rings (SSSR count).